The van der Waals surface area contributed by atoms with Gasteiger partial charge in [-0.05, 0) is 69.0 Å². The van der Waals surface area contributed by atoms with Crippen LogP contribution in [-0.2, 0) is 10.0 Å². The van der Waals surface area contributed by atoms with Crippen LogP contribution in [0.25, 0.3) is 0 Å². The molecule has 164 valence electrons. The van der Waals surface area contributed by atoms with Crippen molar-refractivity contribution in [3.8, 4) is 11.5 Å². The van der Waals surface area contributed by atoms with Crippen LogP contribution in [0.2, 0.25) is 0 Å². The van der Waals surface area contributed by atoms with Crippen LogP contribution >= 0.6 is 0 Å². The fourth-order valence-electron chi connectivity index (χ4n) is 3.33. The number of ether oxygens (including phenoxy) is 2. The minimum atomic E-state index is -3.76. The summed E-state index contributed by atoms with van der Waals surface area (Å²) in [7, 11) is -3.76. The van der Waals surface area contributed by atoms with E-state index in [0.29, 0.717) is 41.4 Å². The average Bonchev–Trinajstić information content (AvgIpc) is 2.65. The largest absolute Gasteiger partial charge is 0.490 e. The van der Waals surface area contributed by atoms with Crippen molar-refractivity contribution in [1.29, 1.82) is 0 Å². The first-order valence-electron chi connectivity index (χ1n) is 10.3. The summed E-state index contributed by atoms with van der Waals surface area (Å²) in [6.07, 6.45) is 4.70. The lowest BCUT2D eigenvalue weighted by atomic mass is 10.1. The van der Waals surface area contributed by atoms with Crippen molar-refractivity contribution in [1.82, 2.24) is 4.83 Å². The first kappa shape index (κ1) is 23.7. The highest BCUT2D eigenvalue weighted by atomic mass is 32.2. The minimum absolute atomic E-state index is 0.260. The molecule has 2 aromatic carbocycles. The van der Waals surface area contributed by atoms with Crippen LogP contribution in [-0.4, -0.2) is 27.8 Å². The number of nitrogens with zero attached hydrogens (tertiary/aromatic N) is 1. The van der Waals surface area contributed by atoms with Gasteiger partial charge in [0.1, 0.15) is 0 Å². The summed E-state index contributed by atoms with van der Waals surface area (Å²) in [5.74, 6) is 1.29. The fourth-order valence-corrected chi connectivity index (χ4v) is 4.58. The van der Waals surface area contributed by atoms with Crippen LogP contribution < -0.4 is 14.3 Å². The van der Waals surface area contributed by atoms with Crippen LogP contribution in [0.3, 0.4) is 0 Å². The van der Waals surface area contributed by atoms with Crippen molar-refractivity contribution in [2.75, 3.05) is 13.2 Å². The third-order valence-corrected chi connectivity index (χ3v) is 6.06. The summed E-state index contributed by atoms with van der Waals surface area (Å²) in [6.45, 7) is 10.7. The summed E-state index contributed by atoms with van der Waals surface area (Å²) >= 11 is 0. The van der Waals surface area contributed by atoms with Crippen LogP contribution in [0.5, 0.6) is 11.5 Å². The van der Waals surface area contributed by atoms with Crippen molar-refractivity contribution in [3.05, 3.63) is 52.6 Å². The Morgan fingerprint density at radius 3 is 2.30 bits per heavy atom. The Morgan fingerprint density at radius 1 is 0.967 bits per heavy atom. The van der Waals surface area contributed by atoms with Crippen molar-refractivity contribution < 1.29 is 17.9 Å². The number of hydrogen-bond acceptors (Lipinski definition) is 5. The predicted molar refractivity (Wildman–Crippen MR) is 121 cm³/mol. The summed E-state index contributed by atoms with van der Waals surface area (Å²) < 4.78 is 36.9. The third-order valence-electron chi connectivity index (χ3n) is 4.53. The number of sulfonamides is 1. The number of nitrogens with one attached hydrogen (secondary N) is 1. The number of hydrogen-bond donors (Lipinski definition) is 1. The van der Waals surface area contributed by atoms with Gasteiger partial charge in [0.15, 0.2) is 11.5 Å². The van der Waals surface area contributed by atoms with E-state index < -0.39 is 10.0 Å². The van der Waals surface area contributed by atoms with Gasteiger partial charge in [-0.3, -0.25) is 0 Å². The van der Waals surface area contributed by atoms with Gasteiger partial charge in [0.25, 0.3) is 10.0 Å². The van der Waals surface area contributed by atoms with E-state index in [9.17, 15) is 8.42 Å². The molecule has 2 rings (SSSR count). The van der Waals surface area contributed by atoms with Gasteiger partial charge in [-0.1, -0.05) is 37.5 Å². The molecule has 0 heterocycles. The topological polar surface area (TPSA) is 77.0 Å². The normalized spacial score (nSPS) is 11.6. The van der Waals surface area contributed by atoms with Gasteiger partial charge >= 0.3 is 0 Å². The first-order valence-corrected chi connectivity index (χ1v) is 11.8. The summed E-state index contributed by atoms with van der Waals surface area (Å²) in [6, 6.07) is 9.12. The van der Waals surface area contributed by atoms with E-state index in [-0.39, 0.29) is 4.90 Å². The molecule has 6 nitrogen and oxygen atoms in total. The lowest BCUT2D eigenvalue weighted by molar-refractivity contribution is 0.271. The van der Waals surface area contributed by atoms with Crippen molar-refractivity contribution in [2.24, 2.45) is 5.10 Å². The summed E-state index contributed by atoms with van der Waals surface area (Å²) in [4.78, 5) is 2.57. The fraction of sp³-hybridized carbons (Fsp3) is 0.435. The summed E-state index contributed by atoms with van der Waals surface area (Å²) in [5.41, 5.74) is 3.11. The van der Waals surface area contributed by atoms with Crippen LogP contribution in [0, 0.1) is 20.8 Å². The van der Waals surface area contributed by atoms with E-state index in [2.05, 4.69) is 16.9 Å². The summed E-state index contributed by atoms with van der Waals surface area (Å²) in [5, 5.41) is 3.95. The van der Waals surface area contributed by atoms with Crippen LogP contribution in [0.1, 0.15) is 55.4 Å². The second kappa shape index (κ2) is 11.0. The molecule has 0 radical (unpaired) electrons. The zero-order valence-corrected chi connectivity index (χ0v) is 19.3. The number of aryl methyl sites for hydroxylation is 3. The maximum atomic E-state index is 12.7. The maximum absolute atomic E-state index is 12.7. The average molecular weight is 433 g/mol. The molecule has 0 atom stereocenters. The van der Waals surface area contributed by atoms with E-state index in [1.54, 1.807) is 19.9 Å². The second-order valence-electron chi connectivity index (χ2n) is 7.28. The Labute approximate surface area is 180 Å². The first-order chi connectivity index (χ1) is 14.3. The van der Waals surface area contributed by atoms with Crippen LogP contribution in [0.4, 0.5) is 0 Å². The maximum Gasteiger partial charge on any atom is 0.277 e. The van der Waals surface area contributed by atoms with E-state index in [4.69, 9.17) is 9.47 Å². The number of rotatable bonds is 11. The number of unbranched alkanes of at least 4 members (excludes halogenated alkanes) is 2. The molecule has 0 bridgehead atoms. The molecule has 0 aliphatic rings. The molecule has 0 amide bonds. The Balaban J connectivity index is 2.14. The smallest absolute Gasteiger partial charge is 0.277 e. The highest BCUT2D eigenvalue weighted by molar-refractivity contribution is 7.89. The van der Waals surface area contributed by atoms with Gasteiger partial charge in [-0.2, -0.15) is 13.5 Å². The Morgan fingerprint density at radius 2 is 1.67 bits per heavy atom. The number of benzene rings is 2. The van der Waals surface area contributed by atoms with Crippen molar-refractivity contribution >= 4 is 16.2 Å². The van der Waals surface area contributed by atoms with Gasteiger partial charge in [0.2, 0.25) is 0 Å². The highest BCUT2D eigenvalue weighted by Gasteiger charge is 2.19. The van der Waals surface area contributed by atoms with Gasteiger partial charge in [0.05, 0.1) is 24.3 Å². The molecule has 0 unspecified atom stereocenters. The standard InChI is InChI=1S/C23H32N2O4S/c1-6-8-9-12-29-21-11-10-20(15-22(21)28-7-2)16-24-25-30(26,27)23-18(4)13-17(3)14-19(23)5/h10-11,13-16,25H,6-9,12H2,1-5H3/b24-16+. The zero-order chi connectivity index (χ0) is 22.1. The highest BCUT2D eigenvalue weighted by Crippen LogP contribution is 2.28. The molecule has 0 aliphatic heterocycles. The van der Waals surface area contributed by atoms with E-state index >= 15 is 0 Å². The molecule has 0 aliphatic carbocycles. The Kier molecular flexibility index (Phi) is 8.72. The predicted octanol–water partition coefficient (Wildman–Crippen LogP) is 4.89. The second-order valence-corrected chi connectivity index (χ2v) is 8.87. The zero-order valence-electron chi connectivity index (χ0n) is 18.5. The van der Waals surface area contributed by atoms with Crippen molar-refractivity contribution in [2.45, 2.75) is 58.8 Å². The van der Waals surface area contributed by atoms with Gasteiger partial charge in [-0.15, -0.1) is 0 Å². The van der Waals surface area contributed by atoms with Gasteiger partial charge in [-0.25, -0.2) is 4.83 Å². The Bertz CT molecular complexity index is 962. The van der Waals surface area contributed by atoms with E-state index in [0.717, 1.165) is 24.8 Å². The molecule has 7 heteroatoms. The SMILES string of the molecule is CCCCCOc1ccc(/C=N/NS(=O)(=O)c2c(C)cc(C)cc2C)cc1OCC. The lowest BCUT2D eigenvalue weighted by Crippen LogP contribution is -2.20. The molecule has 0 saturated heterocycles. The Hall–Kier alpha value is -2.54. The molecule has 0 aromatic heterocycles. The molecule has 30 heavy (non-hydrogen) atoms. The monoisotopic (exact) mass is 432 g/mol. The van der Waals surface area contributed by atoms with E-state index in [1.165, 1.54) is 6.21 Å². The molecular weight excluding hydrogens is 400 g/mol. The van der Waals surface area contributed by atoms with Crippen molar-refractivity contribution in [3.63, 3.8) is 0 Å². The molecule has 1 N–H and O–H groups in total. The molecule has 0 saturated carbocycles. The van der Waals surface area contributed by atoms with E-state index in [1.807, 2.05) is 38.1 Å². The van der Waals surface area contributed by atoms with Crippen LogP contribution in [0.15, 0.2) is 40.3 Å². The molecule has 2 aromatic rings. The third kappa shape index (κ3) is 6.49. The molecule has 0 fully saturated rings. The number of hydrazone groups is 1. The molecule has 0 spiro atoms. The quantitative estimate of drug-likeness (QED) is 0.311. The van der Waals surface area contributed by atoms with Gasteiger partial charge in [0, 0.05) is 0 Å². The lowest BCUT2D eigenvalue weighted by Gasteiger charge is -2.13. The van der Waals surface area contributed by atoms with Gasteiger partial charge < -0.3 is 9.47 Å². The molecular formula is C23H32N2O4S. The minimum Gasteiger partial charge on any atom is -0.490 e.